The number of halogens is 3. The van der Waals surface area contributed by atoms with Crippen LogP contribution in [0.2, 0.25) is 15.1 Å². The van der Waals surface area contributed by atoms with E-state index in [2.05, 4.69) is 15.5 Å². The van der Waals surface area contributed by atoms with Crippen molar-refractivity contribution < 1.29 is 9.59 Å². The van der Waals surface area contributed by atoms with Gasteiger partial charge < -0.3 is 10.6 Å². The lowest BCUT2D eigenvalue weighted by molar-refractivity contribution is -0.124. The molecule has 2 rings (SSSR count). The summed E-state index contributed by atoms with van der Waals surface area (Å²) in [6.07, 6.45) is 0. The van der Waals surface area contributed by atoms with Crippen LogP contribution in [0.1, 0.15) is 20.8 Å². The molecule has 150 valence electrons. The Morgan fingerprint density at radius 3 is 1.89 bits per heavy atom. The van der Waals surface area contributed by atoms with Gasteiger partial charge in [-0.2, -0.15) is 0 Å². The average Bonchev–Trinajstić information content (AvgIpc) is 2.52. The van der Waals surface area contributed by atoms with E-state index in [4.69, 9.17) is 34.8 Å². The zero-order chi connectivity index (χ0) is 20.2. The quantitative estimate of drug-likeness (QED) is 0.698. The molecule has 1 fully saturated rings. The lowest BCUT2D eigenvalue weighted by Crippen LogP contribution is -2.52. The fraction of sp³-hybridized carbons (Fsp3) is 0.556. The van der Waals surface area contributed by atoms with Crippen LogP contribution in [0.15, 0.2) is 12.1 Å². The van der Waals surface area contributed by atoms with Gasteiger partial charge in [-0.3, -0.25) is 19.4 Å². The van der Waals surface area contributed by atoms with Crippen LogP contribution in [-0.4, -0.2) is 66.4 Å². The van der Waals surface area contributed by atoms with Crippen molar-refractivity contribution >= 4 is 52.3 Å². The predicted molar refractivity (Wildman–Crippen MR) is 111 cm³/mol. The molecule has 1 aromatic carbocycles. The van der Waals surface area contributed by atoms with Gasteiger partial charge in [-0.25, -0.2) is 0 Å². The van der Waals surface area contributed by atoms with E-state index in [9.17, 15) is 9.59 Å². The second-order valence-corrected chi connectivity index (χ2v) is 8.87. The number of nitrogens with one attached hydrogen (secondary N) is 2. The Balaban J connectivity index is 1.78. The first-order valence-corrected chi connectivity index (χ1v) is 9.87. The van der Waals surface area contributed by atoms with Gasteiger partial charge in [0.1, 0.15) is 0 Å². The minimum absolute atomic E-state index is 0.0166. The van der Waals surface area contributed by atoms with Crippen molar-refractivity contribution in [3.05, 3.63) is 27.2 Å². The van der Waals surface area contributed by atoms with Gasteiger partial charge in [0.15, 0.2) is 0 Å². The Morgan fingerprint density at radius 1 is 0.889 bits per heavy atom. The van der Waals surface area contributed by atoms with Gasteiger partial charge in [-0.1, -0.05) is 34.8 Å². The summed E-state index contributed by atoms with van der Waals surface area (Å²) < 4.78 is 0. The van der Waals surface area contributed by atoms with Gasteiger partial charge in [0.2, 0.25) is 11.8 Å². The molecule has 6 nitrogen and oxygen atoms in total. The van der Waals surface area contributed by atoms with E-state index in [1.807, 2.05) is 25.7 Å². The smallest absolute Gasteiger partial charge is 0.238 e. The van der Waals surface area contributed by atoms with Crippen LogP contribution in [0, 0.1) is 0 Å². The SMILES string of the molecule is CC(C)(C)NC(=O)CN1CCN(CC(=O)Nc2cc(Cl)c(Cl)cc2Cl)CC1. The Bertz CT molecular complexity index is 699. The maximum absolute atomic E-state index is 12.3. The van der Waals surface area contributed by atoms with Crippen molar-refractivity contribution in [1.29, 1.82) is 0 Å². The predicted octanol–water partition coefficient (Wildman–Crippen LogP) is 3.12. The molecule has 1 aliphatic heterocycles. The minimum Gasteiger partial charge on any atom is -0.350 e. The zero-order valence-electron chi connectivity index (χ0n) is 15.7. The Kier molecular flexibility index (Phi) is 7.77. The van der Waals surface area contributed by atoms with Crippen LogP contribution in [0.3, 0.4) is 0 Å². The number of hydrogen-bond acceptors (Lipinski definition) is 4. The summed E-state index contributed by atoms with van der Waals surface area (Å²) in [6.45, 7) is 9.40. The standard InChI is InChI=1S/C18H25Cl3N4O2/c1-18(2,3)23-17(27)11-25-6-4-24(5-7-25)10-16(26)22-15-9-13(20)12(19)8-14(15)21/h8-9H,4-7,10-11H2,1-3H3,(H,22,26)(H,23,27). The molecule has 0 aliphatic carbocycles. The normalized spacial score (nSPS) is 16.2. The van der Waals surface area contributed by atoms with Crippen molar-refractivity contribution in [2.45, 2.75) is 26.3 Å². The van der Waals surface area contributed by atoms with E-state index in [0.717, 1.165) is 13.1 Å². The molecule has 2 amide bonds. The Labute approximate surface area is 175 Å². The molecule has 0 unspecified atom stereocenters. The van der Waals surface area contributed by atoms with Crippen LogP contribution in [0.25, 0.3) is 0 Å². The van der Waals surface area contributed by atoms with Crippen molar-refractivity contribution in [2.24, 2.45) is 0 Å². The highest BCUT2D eigenvalue weighted by Gasteiger charge is 2.22. The molecule has 0 saturated carbocycles. The van der Waals surface area contributed by atoms with E-state index in [1.54, 1.807) is 0 Å². The van der Waals surface area contributed by atoms with Crippen LogP contribution in [-0.2, 0) is 9.59 Å². The molecule has 0 atom stereocenters. The summed E-state index contributed by atoms with van der Waals surface area (Å²) in [7, 11) is 0. The zero-order valence-corrected chi connectivity index (χ0v) is 18.0. The van der Waals surface area contributed by atoms with Crippen LogP contribution in [0.4, 0.5) is 5.69 Å². The second-order valence-electron chi connectivity index (χ2n) is 7.64. The van der Waals surface area contributed by atoms with E-state index >= 15 is 0 Å². The highest BCUT2D eigenvalue weighted by Crippen LogP contribution is 2.32. The maximum Gasteiger partial charge on any atom is 0.238 e. The molecule has 27 heavy (non-hydrogen) atoms. The fourth-order valence-corrected chi connectivity index (χ4v) is 3.37. The molecule has 1 aromatic rings. The van der Waals surface area contributed by atoms with Crippen LogP contribution in [0.5, 0.6) is 0 Å². The van der Waals surface area contributed by atoms with Crippen molar-refractivity contribution in [2.75, 3.05) is 44.6 Å². The summed E-state index contributed by atoms with van der Waals surface area (Å²) in [5.41, 5.74) is 0.205. The van der Waals surface area contributed by atoms with Gasteiger partial charge in [-0.15, -0.1) is 0 Å². The van der Waals surface area contributed by atoms with Crippen molar-refractivity contribution in [1.82, 2.24) is 15.1 Å². The Morgan fingerprint density at radius 2 is 1.37 bits per heavy atom. The van der Waals surface area contributed by atoms with Gasteiger partial charge in [0.25, 0.3) is 0 Å². The molecule has 0 bridgehead atoms. The molecular weight excluding hydrogens is 411 g/mol. The second kappa shape index (κ2) is 9.43. The van der Waals surface area contributed by atoms with Gasteiger partial charge in [0.05, 0.1) is 33.8 Å². The summed E-state index contributed by atoms with van der Waals surface area (Å²) in [6, 6.07) is 3.04. The van der Waals surface area contributed by atoms with E-state index in [-0.39, 0.29) is 23.9 Å². The molecule has 1 heterocycles. The van der Waals surface area contributed by atoms with Crippen molar-refractivity contribution in [3.63, 3.8) is 0 Å². The maximum atomic E-state index is 12.3. The molecule has 9 heteroatoms. The third-order valence-corrected chi connectivity index (χ3v) is 5.03. The number of carbonyl (C=O) groups excluding carboxylic acids is 2. The third kappa shape index (κ3) is 7.47. The molecule has 1 saturated heterocycles. The molecule has 1 aliphatic rings. The number of carbonyl (C=O) groups is 2. The molecule has 2 N–H and O–H groups in total. The molecule has 0 radical (unpaired) electrons. The van der Waals surface area contributed by atoms with E-state index in [0.29, 0.717) is 40.4 Å². The largest absolute Gasteiger partial charge is 0.350 e. The highest BCUT2D eigenvalue weighted by atomic mass is 35.5. The van der Waals surface area contributed by atoms with Gasteiger partial charge in [-0.05, 0) is 32.9 Å². The number of nitrogens with zero attached hydrogens (tertiary/aromatic N) is 2. The van der Waals surface area contributed by atoms with Gasteiger partial charge >= 0.3 is 0 Å². The highest BCUT2D eigenvalue weighted by molar-refractivity contribution is 6.44. The number of amides is 2. The first kappa shape index (κ1) is 22.2. The summed E-state index contributed by atoms with van der Waals surface area (Å²) in [5, 5.41) is 6.73. The number of rotatable bonds is 5. The molecule has 0 aromatic heterocycles. The van der Waals surface area contributed by atoms with E-state index in [1.165, 1.54) is 12.1 Å². The minimum atomic E-state index is -0.233. The van der Waals surface area contributed by atoms with Crippen LogP contribution >= 0.6 is 34.8 Å². The van der Waals surface area contributed by atoms with E-state index < -0.39 is 0 Å². The summed E-state index contributed by atoms with van der Waals surface area (Å²) in [5.74, 6) is -0.155. The summed E-state index contributed by atoms with van der Waals surface area (Å²) >= 11 is 17.9. The van der Waals surface area contributed by atoms with Crippen LogP contribution < -0.4 is 10.6 Å². The Hall–Kier alpha value is -1.05. The summed E-state index contributed by atoms with van der Waals surface area (Å²) in [4.78, 5) is 28.4. The lowest BCUT2D eigenvalue weighted by atomic mass is 10.1. The fourth-order valence-electron chi connectivity index (χ4n) is 2.78. The monoisotopic (exact) mass is 434 g/mol. The molecule has 0 spiro atoms. The van der Waals surface area contributed by atoms with Gasteiger partial charge in [0, 0.05) is 31.7 Å². The third-order valence-electron chi connectivity index (χ3n) is 4.00. The number of hydrogen-bond donors (Lipinski definition) is 2. The number of anilines is 1. The number of benzene rings is 1. The first-order valence-electron chi connectivity index (χ1n) is 8.73. The lowest BCUT2D eigenvalue weighted by Gasteiger charge is -2.34. The molecular formula is C18H25Cl3N4O2. The average molecular weight is 436 g/mol. The first-order chi connectivity index (χ1) is 12.5. The van der Waals surface area contributed by atoms with Crippen molar-refractivity contribution in [3.8, 4) is 0 Å². The topological polar surface area (TPSA) is 64.7 Å². The number of piperazine rings is 1.